The highest BCUT2D eigenvalue weighted by Crippen LogP contribution is 2.26. The Hall–Kier alpha value is -2.82. The summed E-state index contributed by atoms with van der Waals surface area (Å²) in [7, 11) is 1.57. The number of ether oxygens (including phenoxy) is 1. The van der Waals surface area contributed by atoms with E-state index in [4.69, 9.17) is 4.74 Å². The molecule has 1 aliphatic rings. The molecule has 0 saturated carbocycles. The Kier molecular flexibility index (Phi) is 5.56. The second kappa shape index (κ2) is 8.04. The maximum Gasteiger partial charge on any atom is 0.335 e. The smallest absolute Gasteiger partial charge is 0.335 e. The number of likely N-dealkylation sites (tertiary alicyclic amines) is 1. The first kappa shape index (κ1) is 18.0. The van der Waals surface area contributed by atoms with Crippen molar-refractivity contribution in [2.75, 3.05) is 20.2 Å². The summed E-state index contributed by atoms with van der Waals surface area (Å²) in [5.74, 6) is 0.0865. The van der Waals surface area contributed by atoms with Crippen LogP contribution in [0.15, 0.2) is 48.5 Å². The first-order valence-corrected chi connectivity index (χ1v) is 8.83. The van der Waals surface area contributed by atoms with Gasteiger partial charge in [-0.2, -0.15) is 0 Å². The van der Waals surface area contributed by atoms with Gasteiger partial charge in [-0.3, -0.25) is 4.79 Å². The van der Waals surface area contributed by atoms with Crippen LogP contribution in [0, 0.1) is 5.92 Å². The van der Waals surface area contributed by atoms with Gasteiger partial charge in [0.25, 0.3) is 5.91 Å². The topological polar surface area (TPSA) is 66.8 Å². The van der Waals surface area contributed by atoms with Crippen LogP contribution in [0.2, 0.25) is 0 Å². The maximum absolute atomic E-state index is 12.8. The minimum absolute atomic E-state index is 0.00756. The summed E-state index contributed by atoms with van der Waals surface area (Å²) >= 11 is 0. The lowest BCUT2D eigenvalue weighted by atomic mass is 9.88. The molecule has 1 aliphatic heterocycles. The molecule has 1 saturated heterocycles. The number of nitrogens with zero attached hydrogens (tertiary/aromatic N) is 1. The molecule has 1 heterocycles. The van der Waals surface area contributed by atoms with Crippen molar-refractivity contribution in [3.63, 3.8) is 0 Å². The molecule has 0 bridgehead atoms. The summed E-state index contributed by atoms with van der Waals surface area (Å²) in [6.45, 7) is 1.35. The highest BCUT2D eigenvalue weighted by atomic mass is 16.5. The fourth-order valence-corrected chi connectivity index (χ4v) is 3.55. The number of carboxylic acid groups (broad SMARTS) is 1. The van der Waals surface area contributed by atoms with E-state index >= 15 is 0 Å². The molecule has 0 spiro atoms. The molecule has 3 rings (SSSR count). The number of amides is 1. The van der Waals surface area contributed by atoms with Gasteiger partial charge in [0.15, 0.2) is 0 Å². The van der Waals surface area contributed by atoms with Crippen molar-refractivity contribution < 1.29 is 19.4 Å². The number of hydrogen-bond donors (Lipinski definition) is 1. The van der Waals surface area contributed by atoms with Gasteiger partial charge in [0.1, 0.15) is 5.75 Å². The van der Waals surface area contributed by atoms with Crippen molar-refractivity contribution in [2.24, 2.45) is 5.92 Å². The van der Waals surface area contributed by atoms with E-state index in [0.29, 0.717) is 35.9 Å². The molecule has 2 aromatic carbocycles. The molecule has 2 aromatic rings. The Morgan fingerprint density at radius 3 is 2.31 bits per heavy atom. The summed E-state index contributed by atoms with van der Waals surface area (Å²) < 4.78 is 5.29. The van der Waals surface area contributed by atoms with Gasteiger partial charge in [-0.25, -0.2) is 4.79 Å². The van der Waals surface area contributed by atoms with E-state index < -0.39 is 5.97 Å². The third-order valence-corrected chi connectivity index (χ3v) is 5.00. The van der Waals surface area contributed by atoms with E-state index in [1.54, 1.807) is 31.4 Å². The van der Waals surface area contributed by atoms with Crippen LogP contribution in [0.3, 0.4) is 0 Å². The molecule has 136 valence electrons. The van der Waals surface area contributed by atoms with Crippen LogP contribution in [0.5, 0.6) is 5.75 Å². The molecule has 0 atom stereocenters. The highest BCUT2D eigenvalue weighted by molar-refractivity contribution is 5.97. The quantitative estimate of drug-likeness (QED) is 0.893. The van der Waals surface area contributed by atoms with Crippen LogP contribution < -0.4 is 4.74 Å². The van der Waals surface area contributed by atoms with Crippen molar-refractivity contribution in [2.45, 2.75) is 19.3 Å². The Balaban J connectivity index is 1.63. The summed E-state index contributed by atoms with van der Waals surface area (Å²) in [5.41, 5.74) is 1.83. The lowest BCUT2D eigenvalue weighted by Gasteiger charge is -2.32. The van der Waals surface area contributed by atoms with Crippen molar-refractivity contribution in [1.29, 1.82) is 0 Å². The Bertz CT molecular complexity index is 794. The lowest BCUT2D eigenvalue weighted by Crippen LogP contribution is -2.39. The Labute approximate surface area is 153 Å². The lowest BCUT2D eigenvalue weighted by molar-refractivity contribution is 0.0687. The second-order valence-corrected chi connectivity index (χ2v) is 6.60. The third kappa shape index (κ3) is 3.87. The van der Waals surface area contributed by atoms with Crippen LogP contribution in [-0.2, 0) is 6.42 Å². The van der Waals surface area contributed by atoms with E-state index in [0.717, 1.165) is 24.8 Å². The fraction of sp³-hybridized carbons (Fsp3) is 0.333. The average molecular weight is 353 g/mol. The van der Waals surface area contributed by atoms with Gasteiger partial charge in [-0.05, 0) is 48.9 Å². The van der Waals surface area contributed by atoms with E-state index in [1.165, 1.54) is 0 Å². The zero-order valence-electron chi connectivity index (χ0n) is 14.9. The van der Waals surface area contributed by atoms with Crippen molar-refractivity contribution in [3.8, 4) is 5.75 Å². The zero-order valence-corrected chi connectivity index (χ0v) is 14.9. The molecule has 0 aliphatic carbocycles. The minimum atomic E-state index is -0.885. The average Bonchev–Trinajstić information content (AvgIpc) is 2.68. The van der Waals surface area contributed by atoms with Crippen LogP contribution in [0.4, 0.5) is 0 Å². The molecule has 0 unspecified atom stereocenters. The molecule has 0 radical (unpaired) electrons. The minimum Gasteiger partial charge on any atom is -0.496 e. The molecule has 5 nitrogen and oxygen atoms in total. The molecule has 5 heteroatoms. The van der Waals surface area contributed by atoms with Gasteiger partial charge in [-0.15, -0.1) is 0 Å². The van der Waals surface area contributed by atoms with Gasteiger partial charge in [0, 0.05) is 13.1 Å². The first-order valence-electron chi connectivity index (χ1n) is 8.83. The predicted molar refractivity (Wildman–Crippen MR) is 98.7 cm³/mol. The van der Waals surface area contributed by atoms with Gasteiger partial charge in [0.05, 0.1) is 18.2 Å². The predicted octanol–water partition coefficient (Wildman–Crippen LogP) is 3.49. The zero-order chi connectivity index (χ0) is 18.5. The van der Waals surface area contributed by atoms with Gasteiger partial charge >= 0.3 is 5.97 Å². The van der Waals surface area contributed by atoms with Crippen LogP contribution >= 0.6 is 0 Å². The van der Waals surface area contributed by atoms with Crippen molar-refractivity contribution in [1.82, 2.24) is 4.90 Å². The number of piperidine rings is 1. The SMILES string of the molecule is COc1ccccc1C(=O)N1CCC(Cc2ccccc2C(=O)O)CC1. The number of hydrogen-bond acceptors (Lipinski definition) is 3. The number of carbonyl (C=O) groups is 2. The van der Waals surface area contributed by atoms with Gasteiger partial charge in [0.2, 0.25) is 0 Å². The second-order valence-electron chi connectivity index (χ2n) is 6.60. The molecule has 1 N–H and O–H groups in total. The number of carboxylic acids is 1. The summed E-state index contributed by atoms with van der Waals surface area (Å²) in [6, 6.07) is 14.4. The Morgan fingerprint density at radius 1 is 1.04 bits per heavy atom. The number of benzene rings is 2. The van der Waals surface area contributed by atoms with E-state index in [9.17, 15) is 14.7 Å². The van der Waals surface area contributed by atoms with Crippen LogP contribution in [0.25, 0.3) is 0 Å². The molecule has 0 aromatic heterocycles. The van der Waals surface area contributed by atoms with Crippen LogP contribution in [-0.4, -0.2) is 42.1 Å². The molecular weight excluding hydrogens is 330 g/mol. The molecular formula is C21H23NO4. The normalized spacial score (nSPS) is 14.9. The van der Waals surface area contributed by atoms with Crippen molar-refractivity contribution >= 4 is 11.9 Å². The number of carbonyl (C=O) groups excluding carboxylic acids is 1. The molecule has 1 fully saturated rings. The Morgan fingerprint density at radius 2 is 1.65 bits per heavy atom. The molecule has 1 amide bonds. The van der Waals surface area contributed by atoms with Crippen molar-refractivity contribution in [3.05, 3.63) is 65.2 Å². The first-order chi connectivity index (χ1) is 12.6. The monoisotopic (exact) mass is 353 g/mol. The van der Waals surface area contributed by atoms with Gasteiger partial charge < -0.3 is 14.7 Å². The highest BCUT2D eigenvalue weighted by Gasteiger charge is 2.26. The van der Waals surface area contributed by atoms with E-state index in [1.807, 2.05) is 29.2 Å². The van der Waals surface area contributed by atoms with E-state index in [2.05, 4.69) is 0 Å². The number of rotatable bonds is 5. The maximum atomic E-state index is 12.8. The largest absolute Gasteiger partial charge is 0.496 e. The number of para-hydroxylation sites is 1. The number of aromatic carboxylic acids is 1. The van der Waals surface area contributed by atoms with E-state index in [-0.39, 0.29) is 5.91 Å². The summed E-state index contributed by atoms with van der Waals surface area (Å²) in [5, 5.41) is 9.32. The standard InChI is InChI=1S/C21H23NO4/c1-26-19-9-5-4-8-18(19)20(23)22-12-10-15(11-13-22)14-16-6-2-3-7-17(16)21(24)25/h2-9,15H,10-14H2,1H3,(H,24,25). The fourth-order valence-electron chi connectivity index (χ4n) is 3.55. The van der Waals surface area contributed by atoms with Gasteiger partial charge in [-0.1, -0.05) is 30.3 Å². The van der Waals surface area contributed by atoms with Crippen LogP contribution in [0.1, 0.15) is 39.1 Å². The third-order valence-electron chi connectivity index (χ3n) is 5.00. The summed E-state index contributed by atoms with van der Waals surface area (Å²) in [4.78, 5) is 26.0. The molecule has 26 heavy (non-hydrogen) atoms. The number of methoxy groups -OCH3 is 1. The summed E-state index contributed by atoms with van der Waals surface area (Å²) in [6.07, 6.45) is 2.48.